The molecule has 1 rings (SSSR count). The average Bonchev–Trinajstić information content (AvgIpc) is 2.30. The summed E-state index contributed by atoms with van der Waals surface area (Å²) in [4.78, 5) is 15.3. The fourth-order valence-electron chi connectivity index (χ4n) is 1.38. The van der Waals surface area contributed by atoms with Crippen molar-refractivity contribution in [2.75, 3.05) is 12.3 Å². The van der Waals surface area contributed by atoms with Gasteiger partial charge in [0, 0.05) is 18.3 Å². The monoisotopic (exact) mass is 297 g/mol. The maximum Gasteiger partial charge on any atom is 0.407 e. The number of aromatic nitrogens is 1. The van der Waals surface area contributed by atoms with Gasteiger partial charge in [0.1, 0.15) is 11.4 Å². The molecule has 0 aliphatic carbocycles. The van der Waals surface area contributed by atoms with Crippen LogP contribution >= 0.6 is 11.6 Å². The second-order valence-electron chi connectivity index (χ2n) is 5.25. The Morgan fingerprint density at radius 3 is 2.90 bits per heavy atom. The Morgan fingerprint density at radius 2 is 2.25 bits per heavy atom. The third-order valence-electron chi connectivity index (χ3n) is 2.19. The molecule has 20 heavy (non-hydrogen) atoms. The molecular formula is C14H20ClN3O2. The van der Waals surface area contributed by atoms with Crippen molar-refractivity contribution < 1.29 is 9.53 Å². The van der Waals surface area contributed by atoms with Crippen LogP contribution < -0.4 is 11.1 Å². The van der Waals surface area contributed by atoms with Gasteiger partial charge in [0.15, 0.2) is 0 Å². The fraction of sp³-hybridized carbons (Fsp3) is 0.429. The van der Waals surface area contributed by atoms with E-state index in [1.165, 1.54) is 6.20 Å². The predicted molar refractivity (Wildman–Crippen MR) is 81.5 cm³/mol. The molecule has 1 aromatic rings. The second-order valence-corrected chi connectivity index (χ2v) is 5.68. The van der Waals surface area contributed by atoms with Crippen LogP contribution in [0.1, 0.15) is 32.8 Å². The molecule has 0 atom stereocenters. The van der Waals surface area contributed by atoms with E-state index in [-0.39, 0.29) is 0 Å². The Labute approximate surface area is 124 Å². The van der Waals surface area contributed by atoms with Gasteiger partial charge >= 0.3 is 6.09 Å². The molecule has 1 amide bonds. The van der Waals surface area contributed by atoms with E-state index in [0.717, 1.165) is 5.56 Å². The maximum atomic E-state index is 11.4. The SMILES string of the molecule is CC(C)(C)OC(=O)NCCC=Cc1cc(Cl)cnc1N. The molecule has 0 saturated carbocycles. The molecule has 0 bridgehead atoms. The predicted octanol–water partition coefficient (Wildman–Crippen LogP) is 3.25. The number of carbonyl (C=O) groups excluding carboxylic acids is 1. The van der Waals surface area contributed by atoms with Crippen molar-refractivity contribution in [2.45, 2.75) is 32.8 Å². The van der Waals surface area contributed by atoms with E-state index in [2.05, 4.69) is 10.3 Å². The molecule has 0 aliphatic heterocycles. The van der Waals surface area contributed by atoms with Gasteiger partial charge in [-0.25, -0.2) is 9.78 Å². The number of nitrogens with zero attached hydrogens (tertiary/aromatic N) is 1. The van der Waals surface area contributed by atoms with E-state index in [1.807, 2.05) is 32.9 Å². The molecule has 3 N–H and O–H groups in total. The summed E-state index contributed by atoms with van der Waals surface area (Å²) in [6.07, 6.45) is 5.45. The zero-order chi connectivity index (χ0) is 15.2. The summed E-state index contributed by atoms with van der Waals surface area (Å²) < 4.78 is 5.12. The van der Waals surface area contributed by atoms with Crippen LogP contribution in [0.15, 0.2) is 18.3 Å². The normalized spacial score (nSPS) is 11.6. The minimum absolute atomic E-state index is 0.421. The van der Waals surface area contributed by atoms with Gasteiger partial charge in [0.25, 0.3) is 0 Å². The smallest absolute Gasteiger partial charge is 0.407 e. The minimum atomic E-state index is -0.485. The first-order valence-corrected chi connectivity index (χ1v) is 6.70. The van der Waals surface area contributed by atoms with Crippen LogP contribution in [-0.4, -0.2) is 23.2 Å². The lowest BCUT2D eigenvalue weighted by Gasteiger charge is -2.19. The molecule has 0 aliphatic rings. The highest BCUT2D eigenvalue weighted by molar-refractivity contribution is 6.30. The van der Waals surface area contributed by atoms with E-state index in [4.69, 9.17) is 22.1 Å². The summed E-state index contributed by atoms with van der Waals surface area (Å²) in [6, 6.07) is 1.74. The van der Waals surface area contributed by atoms with Crippen LogP contribution in [-0.2, 0) is 4.74 Å². The summed E-state index contributed by atoms with van der Waals surface area (Å²) in [5, 5.41) is 3.20. The number of halogens is 1. The van der Waals surface area contributed by atoms with Gasteiger partial charge in [-0.3, -0.25) is 0 Å². The van der Waals surface area contributed by atoms with Crippen molar-refractivity contribution in [3.8, 4) is 0 Å². The Kier molecular flexibility index (Phi) is 5.82. The molecule has 1 aromatic heterocycles. The third-order valence-corrected chi connectivity index (χ3v) is 2.40. The molecule has 110 valence electrons. The molecule has 0 spiro atoms. The zero-order valence-electron chi connectivity index (χ0n) is 11.9. The number of pyridine rings is 1. The van der Waals surface area contributed by atoms with E-state index < -0.39 is 11.7 Å². The van der Waals surface area contributed by atoms with E-state index in [0.29, 0.717) is 23.8 Å². The maximum absolute atomic E-state index is 11.4. The molecule has 0 fully saturated rings. The Balaban J connectivity index is 2.36. The fourth-order valence-corrected chi connectivity index (χ4v) is 1.55. The Hall–Kier alpha value is -1.75. The van der Waals surface area contributed by atoms with Crippen molar-refractivity contribution in [1.82, 2.24) is 10.3 Å². The summed E-state index contributed by atoms with van der Waals surface area (Å²) in [5.74, 6) is 0.422. The van der Waals surface area contributed by atoms with Gasteiger partial charge in [0.05, 0.1) is 5.02 Å². The van der Waals surface area contributed by atoms with Crippen LogP contribution in [0.25, 0.3) is 6.08 Å². The van der Waals surface area contributed by atoms with Crippen molar-refractivity contribution in [3.63, 3.8) is 0 Å². The van der Waals surface area contributed by atoms with E-state index >= 15 is 0 Å². The summed E-state index contributed by atoms with van der Waals surface area (Å²) in [7, 11) is 0. The largest absolute Gasteiger partial charge is 0.444 e. The molecule has 0 radical (unpaired) electrons. The number of alkyl carbamates (subject to hydrolysis) is 1. The molecule has 0 unspecified atom stereocenters. The minimum Gasteiger partial charge on any atom is -0.444 e. The number of hydrogen-bond acceptors (Lipinski definition) is 4. The standard InChI is InChI=1S/C14H20ClN3O2/c1-14(2,3)20-13(19)17-7-5-4-6-10-8-11(15)9-18-12(10)16/h4,6,8-9H,5,7H2,1-3H3,(H2,16,18)(H,17,19). The molecule has 1 heterocycles. The number of ether oxygens (including phenoxy) is 1. The van der Waals surface area contributed by atoms with E-state index in [9.17, 15) is 4.79 Å². The highest BCUT2D eigenvalue weighted by Crippen LogP contribution is 2.16. The van der Waals surface area contributed by atoms with Gasteiger partial charge in [0.2, 0.25) is 0 Å². The van der Waals surface area contributed by atoms with Crippen molar-refractivity contribution in [3.05, 3.63) is 28.9 Å². The lowest BCUT2D eigenvalue weighted by atomic mass is 10.2. The van der Waals surface area contributed by atoms with Gasteiger partial charge < -0.3 is 15.8 Å². The van der Waals surface area contributed by atoms with Gasteiger partial charge in [-0.15, -0.1) is 0 Å². The van der Waals surface area contributed by atoms with Crippen molar-refractivity contribution in [2.24, 2.45) is 0 Å². The molecule has 5 nitrogen and oxygen atoms in total. The lowest BCUT2D eigenvalue weighted by Crippen LogP contribution is -2.32. The number of rotatable bonds is 4. The van der Waals surface area contributed by atoms with Crippen molar-refractivity contribution >= 4 is 29.6 Å². The zero-order valence-corrected chi connectivity index (χ0v) is 12.7. The summed E-state index contributed by atoms with van der Waals surface area (Å²) in [6.45, 7) is 5.95. The Morgan fingerprint density at radius 1 is 1.55 bits per heavy atom. The average molecular weight is 298 g/mol. The van der Waals surface area contributed by atoms with Gasteiger partial charge in [-0.05, 0) is 33.3 Å². The van der Waals surface area contributed by atoms with Crippen LogP contribution in [0.2, 0.25) is 5.02 Å². The van der Waals surface area contributed by atoms with Crippen molar-refractivity contribution in [1.29, 1.82) is 0 Å². The molecule has 6 heteroatoms. The first-order valence-electron chi connectivity index (χ1n) is 6.32. The summed E-state index contributed by atoms with van der Waals surface area (Å²) >= 11 is 5.83. The number of amides is 1. The molecular weight excluding hydrogens is 278 g/mol. The molecule has 0 aromatic carbocycles. The second kappa shape index (κ2) is 7.14. The number of nitrogens with two attached hydrogens (primary N) is 1. The highest BCUT2D eigenvalue weighted by atomic mass is 35.5. The third kappa shape index (κ3) is 6.43. The van der Waals surface area contributed by atoms with Crippen LogP contribution in [0.4, 0.5) is 10.6 Å². The van der Waals surface area contributed by atoms with Gasteiger partial charge in [-0.1, -0.05) is 23.8 Å². The number of carbonyl (C=O) groups is 1. The first kappa shape index (κ1) is 16.3. The highest BCUT2D eigenvalue weighted by Gasteiger charge is 2.15. The topological polar surface area (TPSA) is 77.2 Å². The first-order chi connectivity index (χ1) is 9.28. The Bertz CT molecular complexity index is 496. The lowest BCUT2D eigenvalue weighted by molar-refractivity contribution is 0.0529. The quantitative estimate of drug-likeness (QED) is 0.836. The van der Waals surface area contributed by atoms with Crippen LogP contribution in [0.5, 0.6) is 0 Å². The summed E-state index contributed by atoms with van der Waals surface area (Å²) in [5.41, 5.74) is 5.98. The van der Waals surface area contributed by atoms with Crippen LogP contribution in [0, 0.1) is 0 Å². The number of nitrogens with one attached hydrogen (secondary N) is 1. The van der Waals surface area contributed by atoms with Gasteiger partial charge in [-0.2, -0.15) is 0 Å². The molecule has 0 saturated heterocycles. The number of hydrogen-bond donors (Lipinski definition) is 2. The van der Waals surface area contributed by atoms with E-state index in [1.54, 1.807) is 6.07 Å². The van der Waals surface area contributed by atoms with Crippen LogP contribution in [0.3, 0.4) is 0 Å². The number of nitrogen functional groups attached to an aromatic ring is 1. The number of anilines is 1.